The summed E-state index contributed by atoms with van der Waals surface area (Å²) < 4.78 is 0. The van der Waals surface area contributed by atoms with Crippen LogP contribution in [0.25, 0.3) is 0 Å². The van der Waals surface area contributed by atoms with Crippen LogP contribution in [-0.2, 0) is 0 Å². The van der Waals surface area contributed by atoms with Crippen LogP contribution in [0.1, 0.15) is 38.8 Å². The van der Waals surface area contributed by atoms with E-state index in [2.05, 4.69) is 56.1 Å². The average molecular weight is 237 g/mol. The molecule has 0 N–H and O–H groups in total. The molecule has 2 heteroatoms. The van der Waals surface area contributed by atoms with Crippen LogP contribution >= 0.6 is 11.3 Å². The van der Waals surface area contributed by atoms with E-state index in [0.717, 1.165) is 6.54 Å². The van der Waals surface area contributed by atoms with Gasteiger partial charge in [-0.3, -0.25) is 4.90 Å². The molecule has 0 aliphatic rings. The predicted octanol–water partition coefficient (Wildman–Crippen LogP) is 4.34. The minimum atomic E-state index is 0.476. The van der Waals surface area contributed by atoms with Gasteiger partial charge in [-0.25, -0.2) is 0 Å². The van der Waals surface area contributed by atoms with Gasteiger partial charge in [0.15, 0.2) is 0 Å². The molecule has 0 aliphatic heterocycles. The van der Waals surface area contributed by atoms with E-state index < -0.39 is 0 Å². The van der Waals surface area contributed by atoms with Crippen LogP contribution in [0.3, 0.4) is 0 Å². The Morgan fingerprint density at radius 2 is 2.25 bits per heavy atom. The van der Waals surface area contributed by atoms with E-state index in [9.17, 15) is 0 Å². The molecule has 0 aliphatic carbocycles. The van der Waals surface area contributed by atoms with Crippen molar-refractivity contribution < 1.29 is 0 Å². The van der Waals surface area contributed by atoms with Gasteiger partial charge in [-0.2, -0.15) is 11.3 Å². The van der Waals surface area contributed by atoms with Gasteiger partial charge >= 0.3 is 0 Å². The molecule has 0 radical (unpaired) electrons. The summed E-state index contributed by atoms with van der Waals surface area (Å²) in [5.74, 6) is 0.506. The van der Waals surface area contributed by atoms with Gasteiger partial charge in [0, 0.05) is 6.04 Å². The number of hydrogen-bond acceptors (Lipinski definition) is 2. The van der Waals surface area contributed by atoms with Crippen molar-refractivity contribution in [3.63, 3.8) is 0 Å². The van der Waals surface area contributed by atoms with Crippen LogP contribution in [0.4, 0.5) is 0 Å². The van der Waals surface area contributed by atoms with Gasteiger partial charge in [0.1, 0.15) is 0 Å². The maximum Gasteiger partial charge on any atom is 0.0415 e. The molecular weight excluding hydrogens is 214 g/mol. The number of nitrogens with zero attached hydrogens (tertiary/aromatic N) is 1. The van der Waals surface area contributed by atoms with E-state index in [4.69, 9.17) is 0 Å². The lowest BCUT2D eigenvalue weighted by atomic mass is 9.90. The molecule has 0 aromatic carbocycles. The first-order valence-electron chi connectivity index (χ1n) is 5.95. The molecule has 1 aromatic heterocycles. The molecule has 2 unspecified atom stereocenters. The predicted molar refractivity (Wildman–Crippen MR) is 74.0 cm³/mol. The topological polar surface area (TPSA) is 3.24 Å². The van der Waals surface area contributed by atoms with Crippen molar-refractivity contribution in [2.24, 2.45) is 5.92 Å². The Morgan fingerprint density at radius 1 is 1.56 bits per heavy atom. The van der Waals surface area contributed by atoms with E-state index >= 15 is 0 Å². The van der Waals surface area contributed by atoms with Crippen LogP contribution in [-0.4, -0.2) is 18.5 Å². The largest absolute Gasteiger partial charge is 0.299 e. The summed E-state index contributed by atoms with van der Waals surface area (Å²) in [5, 5.41) is 4.42. The fourth-order valence-corrected chi connectivity index (χ4v) is 2.82. The monoisotopic (exact) mass is 237 g/mol. The van der Waals surface area contributed by atoms with E-state index in [1.807, 2.05) is 0 Å². The lowest BCUT2D eigenvalue weighted by molar-refractivity contribution is 0.202. The summed E-state index contributed by atoms with van der Waals surface area (Å²) in [7, 11) is 2.21. The fourth-order valence-electron chi connectivity index (χ4n) is 2.13. The van der Waals surface area contributed by atoms with Crippen LogP contribution < -0.4 is 0 Å². The quantitative estimate of drug-likeness (QED) is 0.665. The third kappa shape index (κ3) is 3.19. The standard InChI is InChI=1S/C14H23NS/c1-6-8-15(5)14(12(4)11(2)3)13-7-9-16-10-13/h7,9-10,12,14H,2,6,8H2,1,3-5H3. The lowest BCUT2D eigenvalue weighted by Crippen LogP contribution is -2.30. The summed E-state index contributed by atoms with van der Waals surface area (Å²) in [4.78, 5) is 2.45. The van der Waals surface area contributed by atoms with Crippen molar-refractivity contribution in [2.45, 2.75) is 33.2 Å². The van der Waals surface area contributed by atoms with E-state index in [-0.39, 0.29) is 0 Å². The highest BCUT2D eigenvalue weighted by Gasteiger charge is 2.23. The van der Waals surface area contributed by atoms with Gasteiger partial charge in [0.2, 0.25) is 0 Å². The Bertz CT molecular complexity index is 315. The van der Waals surface area contributed by atoms with Crippen molar-refractivity contribution in [1.82, 2.24) is 4.90 Å². The zero-order valence-electron chi connectivity index (χ0n) is 10.9. The molecule has 0 saturated carbocycles. The third-order valence-corrected chi connectivity index (χ3v) is 3.89. The maximum absolute atomic E-state index is 4.11. The summed E-state index contributed by atoms with van der Waals surface area (Å²) >= 11 is 1.78. The molecule has 90 valence electrons. The molecule has 1 nitrogen and oxygen atoms in total. The molecule has 0 fully saturated rings. The van der Waals surface area contributed by atoms with Crippen LogP contribution in [0.5, 0.6) is 0 Å². The Morgan fingerprint density at radius 3 is 2.69 bits per heavy atom. The molecular formula is C14H23NS. The average Bonchev–Trinajstić information content (AvgIpc) is 2.71. The molecule has 1 aromatic rings. The van der Waals surface area contributed by atoms with Crippen LogP contribution in [0, 0.1) is 5.92 Å². The van der Waals surface area contributed by atoms with Gasteiger partial charge < -0.3 is 0 Å². The van der Waals surface area contributed by atoms with Crippen LogP contribution in [0.15, 0.2) is 29.0 Å². The van der Waals surface area contributed by atoms with E-state index in [1.165, 1.54) is 17.6 Å². The fraction of sp³-hybridized carbons (Fsp3) is 0.571. The Balaban J connectivity index is 2.89. The first-order valence-corrected chi connectivity index (χ1v) is 6.90. The molecule has 1 rings (SSSR count). The zero-order valence-corrected chi connectivity index (χ0v) is 11.7. The van der Waals surface area contributed by atoms with E-state index in [1.54, 1.807) is 11.3 Å². The molecule has 0 spiro atoms. The van der Waals surface area contributed by atoms with Gasteiger partial charge in [-0.05, 0) is 55.2 Å². The summed E-state index contributed by atoms with van der Waals surface area (Å²) in [6, 6.07) is 2.71. The second kappa shape index (κ2) is 6.21. The molecule has 2 atom stereocenters. The Kier molecular flexibility index (Phi) is 5.23. The minimum absolute atomic E-state index is 0.476. The second-order valence-electron chi connectivity index (χ2n) is 4.62. The number of thiophene rings is 1. The van der Waals surface area contributed by atoms with Gasteiger partial charge in [-0.15, -0.1) is 0 Å². The lowest BCUT2D eigenvalue weighted by Gasteiger charge is -2.32. The number of hydrogen-bond donors (Lipinski definition) is 0. The summed E-state index contributed by atoms with van der Waals surface area (Å²) in [5.41, 5.74) is 2.69. The molecule has 16 heavy (non-hydrogen) atoms. The van der Waals surface area contributed by atoms with Crippen molar-refractivity contribution in [2.75, 3.05) is 13.6 Å². The highest BCUT2D eigenvalue weighted by atomic mass is 32.1. The smallest absolute Gasteiger partial charge is 0.0415 e. The third-order valence-electron chi connectivity index (χ3n) is 3.19. The van der Waals surface area contributed by atoms with E-state index in [0.29, 0.717) is 12.0 Å². The second-order valence-corrected chi connectivity index (χ2v) is 5.40. The Labute approximate surface area is 104 Å². The summed E-state index contributed by atoms with van der Waals surface area (Å²) in [6.45, 7) is 11.9. The van der Waals surface area contributed by atoms with Crippen molar-refractivity contribution >= 4 is 11.3 Å². The Hall–Kier alpha value is -0.600. The highest BCUT2D eigenvalue weighted by Crippen LogP contribution is 2.32. The van der Waals surface area contributed by atoms with Gasteiger partial charge in [-0.1, -0.05) is 26.0 Å². The molecule has 0 saturated heterocycles. The molecule has 0 bridgehead atoms. The number of rotatable bonds is 6. The van der Waals surface area contributed by atoms with Crippen molar-refractivity contribution in [3.8, 4) is 0 Å². The maximum atomic E-state index is 4.11. The summed E-state index contributed by atoms with van der Waals surface area (Å²) in [6.07, 6.45) is 1.19. The molecule has 0 amide bonds. The first kappa shape index (κ1) is 13.5. The van der Waals surface area contributed by atoms with Gasteiger partial charge in [0.05, 0.1) is 0 Å². The van der Waals surface area contributed by atoms with Gasteiger partial charge in [0.25, 0.3) is 0 Å². The minimum Gasteiger partial charge on any atom is -0.299 e. The molecule has 1 heterocycles. The highest BCUT2D eigenvalue weighted by molar-refractivity contribution is 7.07. The zero-order chi connectivity index (χ0) is 12.1. The van der Waals surface area contributed by atoms with Crippen LogP contribution in [0.2, 0.25) is 0 Å². The normalized spacial score (nSPS) is 15.1. The van der Waals surface area contributed by atoms with Crippen molar-refractivity contribution in [1.29, 1.82) is 0 Å². The van der Waals surface area contributed by atoms with Crippen molar-refractivity contribution in [3.05, 3.63) is 34.5 Å². The first-order chi connectivity index (χ1) is 7.57. The SMILES string of the molecule is C=C(C)C(C)C(c1ccsc1)N(C)CCC.